The van der Waals surface area contributed by atoms with Crippen LogP contribution in [0.25, 0.3) is 23.0 Å². The molecule has 0 saturated heterocycles. The number of aromatic nitrogens is 8. The number of carbonyl (C=O) groups excluding carboxylic acids is 2. The van der Waals surface area contributed by atoms with Gasteiger partial charge in [0.05, 0.1) is 43.7 Å². The molecule has 6 heterocycles. The normalized spacial score (nSPS) is 13.3. The number of nitrogen functional groups attached to an aromatic ring is 1. The second-order valence-corrected chi connectivity index (χ2v) is 21.8. The number of halogens is 5. The molecule has 0 aliphatic carbocycles. The van der Waals surface area contributed by atoms with Crippen molar-refractivity contribution in [3.8, 4) is 34.8 Å². The average molecular weight is 1200 g/mol. The third kappa shape index (κ3) is 13.9. The van der Waals surface area contributed by atoms with E-state index in [9.17, 15) is 23.3 Å². The van der Waals surface area contributed by atoms with Gasteiger partial charge in [-0.05, 0) is 76.5 Å². The minimum atomic E-state index is -0.806. The van der Waals surface area contributed by atoms with E-state index >= 15 is 0 Å². The van der Waals surface area contributed by atoms with Gasteiger partial charge in [-0.3, -0.25) is 9.59 Å². The number of nitrogens with two attached hydrogens (primary N) is 1. The van der Waals surface area contributed by atoms with Crippen molar-refractivity contribution in [2.24, 2.45) is 5.34 Å². The molecule has 0 fully saturated rings. The molecule has 4 N–H and O–H groups in total. The van der Waals surface area contributed by atoms with Gasteiger partial charge in [0, 0.05) is 28.8 Å². The number of carbonyl (C=O) groups is 2. The van der Waals surface area contributed by atoms with Crippen LogP contribution in [0.1, 0.15) is 93.0 Å². The fourth-order valence-corrected chi connectivity index (χ4v) is 7.36. The van der Waals surface area contributed by atoms with Crippen molar-refractivity contribution in [3.05, 3.63) is 104 Å². The van der Waals surface area contributed by atoms with E-state index in [4.69, 9.17) is 15.2 Å². The van der Waals surface area contributed by atoms with Crippen molar-refractivity contribution < 1.29 is 44.0 Å². The summed E-state index contributed by atoms with van der Waals surface area (Å²) in [4.78, 5) is 55.7. The molecule has 18 nitrogen and oxygen atoms in total. The van der Waals surface area contributed by atoms with Crippen molar-refractivity contribution in [2.75, 3.05) is 30.6 Å². The Morgan fingerprint density at radius 2 is 1.12 bits per heavy atom. The molecule has 2 aliphatic rings. The van der Waals surface area contributed by atoms with E-state index in [0.717, 1.165) is 0 Å². The monoisotopic (exact) mass is 1200 g/mol. The van der Waals surface area contributed by atoms with E-state index in [1.165, 1.54) is 42.4 Å². The molecule has 69 heavy (non-hydrogen) atoms. The van der Waals surface area contributed by atoms with Gasteiger partial charge in [0.1, 0.15) is 50.7 Å². The maximum absolute atomic E-state index is 14.0. The summed E-state index contributed by atoms with van der Waals surface area (Å²) in [6.45, 7) is 12.8. The topological polar surface area (TPSA) is 229 Å². The van der Waals surface area contributed by atoms with Crippen LogP contribution in [0, 0.1) is 16.5 Å². The number of benzene rings is 2. The minimum absolute atomic E-state index is 0. The first-order valence-electron chi connectivity index (χ1n) is 19.5. The van der Waals surface area contributed by atoms with Gasteiger partial charge in [-0.25, -0.2) is 38.1 Å². The number of anilines is 3. The van der Waals surface area contributed by atoms with Gasteiger partial charge >= 0.3 is 39.6 Å². The van der Waals surface area contributed by atoms with E-state index in [-0.39, 0.29) is 70.5 Å². The fraction of sp³-hybridized carbons (Fsp3) is 0.378. The first-order chi connectivity index (χ1) is 31.1. The molecule has 0 bridgehead atoms. The van der Waals surface area contributed by atoms with Crippen LogP contribution < -0.4 is 25.8 Å². The summed E-state index contributed by atoms with van der Waals surface area (Å²) >= 11 is 10.8. The van der Waals surface area contributed by atoms with Crippen LogP contribution >= 0.6 is 44.2 Å². The predicted octanol–water partition coefficient (Wildman–Crippen LogP) is 11.0. The summed E-state index contributed by atoms with van der Waals surface area (Å²) in [5.74, 6) is 1.51. The zero-order valence-electron chi connectivity index (χ0n) is 36.9. The zero-order valence-corrected chi connectivity index (χ0v) is 42.6. The Morgan fingerprint density at radius 3 is 1.49 bits per heavy atom. The van der Waals surface area contributed by atoms with Crippen molar-refractivity contribution in [3.63, 3.8) is 0 Å². The molecule has 0 atom stereocenters. The van der Waals surface area contributed by atoms with E-state index in [2.05, 4.69) is 95.1 Å². The molecule has 6 aromatic rings. The number of fused-ring (bicyclic) bond motifs is 2. The number of rotatable bonds is 9. The average Bonchev–Trinajstić information content (AvgIpc) is 3.97. The molecule has 0 radical (unpaired) electrons. The third-order valence-corrected chi connectivity index (χ3v) is 10.5. The van der Waals surface area contributed by atoms with Gasteiger partial charge in [0.15, 0.2) is 17.0 Å². The molecule has 8 rings (SSSR count). The molecule has 0 saturated carbocycles. The van der Waals surface area contributed by atoms with Crippen LogP contribution in [0.4, 0.5) is 26.2 Å². The van der Waals surface area contributed by atoms with Gasteiger partial charge in [-0.2, -0.15) is 10.2 Å². The van der Waals surface area contributed by atoms with Gasteiger partial charge in [0.2, 0.25) is 23.6 Å². The first kappa shape index (κ1) is 59.7. The molecular formula is C45H57Br3CuF2N12O6. The standard InChI is InChI=1S/C19H17BrFN5O2.C19H19FN6O2.C4H9NO2.3CH4.2BrH.Cu/c1-19(2)14-15(20)22-16(23-17(14)24-18(19)27)12-8-13(28-3)26(25-12)9-10-6-4-5-7-11(10)21;1-19(2)14-15(21)22-16(23-17(14)24-18(19)27)12-8-13(28-3)26(25-12)9-10-6-4-5-7-11(10)20;1-4(2,3)7-5-6;;;;;;/h4-8H,9H2,1-3H3,(H,22,23,24,27);4-8H,9H2,1-3H3,(H3,21,22,23,24,27);1-3H3;3*1H4;2*1H;/q;;;;;;;;+2/p-2. The van der Waals surface area contributed by atoms with E-state index in [1.54, 1.807) is 87.8 Å². The number of nitrogens with one attached hydrogen (secondary N) is 2. The Balaban J connectivity index is 0.000000382. The van der Waals surface area contributed by atoms with Gasteiger partial charge in [-0.1, -0.05) is 58.7 Å². The van der Waals surface area contributed by atoms with Crippen LogP contribution in [-0.4, -0.2) is 71.1 Å². The molecule has 24 heteroatoms. The molecule has 379 valence electrons. The van der Waals surface area contributed by atoms with E-state index in [0.29, 0.717) is 67.5 Å². The number of hydrogen-bond donors (Lipinski definition) is 3. The first-order valence-corrected chi connectivity index (χ1v) is 25.0. The Kier molecular flexibility index (Phi) is 21.6. The molecule has 4 aromatic heterocycles. The summed E-state index contributed by atoms with van der Waals surface area (Å²) in [7, 11) is 3.01. The number of methoxy groups -OCH3 is 2. The SMILES string of the molecule is C.C.C.CC(C)(C)ON=O.COc1cc(-c2nc(Br)c3c(n2)NC(=O)C3(C)C)nn1Cc1ccccc1F.COc1cc(-c2nc(N)c3c(n2)NC(=O)C3(C)C)nn1Cc1ccccc1F.[Br][Cu][Br]. The summed E-state index contributed by atoms with van der Waals surface area (Å²) in [5, 5.41) is 16.7. The summed E-state index contributed by atoms with van der Waals surface area (Å²) < 4.78 is 42.3. The summed E-state index contributed by atoms with van der Waals surface area (Å²) in [6, 6.07) is 16.3. The van der Waals surface area contributed by atoms with Crippen molar-refractivity contribution in [2.45, 2.75) is 100 Å². The van der Waals surface area contributed by atoms with Gasteiger partial charge in [-0.15, -0.1) is 4.91 Å². The quantitative estimate of drug-likeness (QED) is 0.0530. The molecule has 0 spiro atoms. The summed E-state index contributed by atoms with van der Waals surface area (Å²) in [6.07, 6.45) is 0. The maximum atomic E-state index is 14.0. The van der Waals surface area contributed by atoms with Crippen molar-refractivity contribution >= 4 is 73.4 Å². The van der Waals surface area contributed by atoms with Crippen molar-refractivity contribution in [1.29, 1.82) is 0 Å². The predicted molar refractivity (Wildman–Crippen MR) is 271 cm³/mol. The molecule has 0 unspecified atom stereocenters. The molecular weight excluding hydrogens is 1150 g/mol. The number of ether oxygens (including phenoxy) is 2. The number of hydrogen-bond acceptors (Lipinski definition) is 14. The molecule has 2 amide bonds. The van der Waals surface area contributed by atoms with Crippen LogP contribution in [0.5, 0.6) is 11.8 Å². The Labute approximate surface area is 429 Å². The molecule has 2 aliphatic heterocycles. The van der Waals surface area contributed by atoms with E-state index in [1.807, 2.05) is 13.8 Å². The Morgan fingerprint density at radius 1 is 0.725 bits per heavy atom. The summed E-state index contributed by atoms with van der Waals surface area (Å²) in [5.41, 5.74) is 7.24. The Hall–Kier alpha value is -5.42. The fourth-order valence-electron chi connectivity index (χ4n) is 6.51. The third-order valence-electron chi connectivity index (χ3n) is 9.88. The Bertz CT molecular complexity index is 2580. The second-order valence-electron chi connectivity index (χ2n) is 16.3. The van der Waals surface area contributed by atoms with Crippen LogP contribution in [0.3, 0.4) is 0 Å². The van der Waals surface area contributed by atoms with E-state index < -0.39 is 16.4 Å². The number of amides is 2. The van der Waals surface area contributed by atoms with Crippen molar-refractivity contribution in [1.82, 2.24) is 39.5 Å². The van der Waals surface area contributed by atoms with Gasteiger partial charge in [0.25, 0.3) is 0 Å². The van der Waals surface area contributed by atoms with Crippen LogP contribution in [-0.2, 0) is 49.7 Å². The van der Waals surface area contributed by atoms with Crippen LogP contribution in [0.15, 0.2) is 70.6 Å². The zero-order chi connectivity index (χ0) is 48.7. The second kappa shape index (κ2) is 24.9. The van der Waals surface area contributed by atoms with Gasteiger partial charge < -0.3 is 30.7 Å². The molecule has 2 aromatic carbocycles. The van der Waals surface area contributed by atoms with Crippen LogP contribution in [0.2, 0.25) is 0 Å². The number of nitrogens with zero attached hydrogens (tertiary/aromatic N) is 9.